The van der Waals surface area contributed by atoms with Crippen LogP contribution in [0.5, 0.6) is 5.75 Å². The minimum absolute atomic E-state index is 0.0990. The Labute approximate surface area is 141 Å². The third-order valence-corrected chi connectivity index (χ3v) is 4.02. The summed E-state index contributed by atoms with van der Waals surface area (Å²) in [6.07, 6.45) is 0.611. The van der Waals surface area contributed by atoms with Crippen molar-refractivity contribution in [2.75, 3.05) is 6.54 Å². The molecule has 0 saturated heterocycles. The number of rotatable bonds is 7. The number of hydrogen-bond acceptors (Lipinski definition) is 4. The monoisotopic (exact) mass is 333 g/mol. The van der Waals surface area contributed by atoms with E-state index in [-0.39, 0.29) is 18.6 Å². The number of ether oxygens (including phenoxy) is 1. The smallest absolute Gasteiger partial charge is 0.251 e. The summed E-state index contributed by atoms with van der Waals surface area (Å²) in [6.45, 7) is 5.84. The van der Waals surface area contributed by atoms with E-state index in [4.69, 9.17) is 4.74 Å². The van der Waals surface area contributed by atoms with Crippen molar-refractivity contribution in [1.29, 1.82) is 0 Å². The zero-order valence-electron chi connectivity index (χ0n) is 13.7. The predicted octanol–water partition coefficient (Wildman–Crippen LogP) is 3.26. The molecule has 0 fully saturated rings. The number of aliphatic hydroxyl groups is 1. The molecule has 1 aromatic carbocycles. The summed E-state index contributed by atoms with van der Waals surface area (Å²) >= 11 is 1.60. The average molecular weight is 333 g/mol. The van der Waals surface area contributed by atoms with Crippen molar-refractivity contribution in [2.45, 2.75) is 38.9 Å². The number of benzene rings is 1. The summed E-state index contributed by atoms with van der Waals surface area (Å²) in [5.41, 5.74) is 0.647. The Morgan fingerprint density at radius 2 is 2.00 bits per heavy atom. The van der Waals surface area contributed by atoms with E-state index in [2.05, 4.69) is 5.32 Å². The van der Waals surface area contributed by atoms with Crippen LogP contribution in [-0.2, 0) is 6.42 Å². The summed E-state index contributed by atoms with van der Waals surface area (Å²) in [5.74, 6) is 0.535. The summed E-state index contributed by atoms with van der Waals surface area (Å²) in [6, 6.07) is 8.98. The van der Waals surface area contributed by atoms with Crippen LogP contribution in [0, 0.1) is 0 Å². The second kappa shape index (κ2) is 7.62. The molecule has 2 aromatic rings. The lowest BCUT2D eigenvalue weighted by atomic mass is 9.98. The lowest BCUT2D eigenvalue weighted by Gasteiger charge is -2.23. The molecular formula is C18H23NO3S. The van der Waals surface area contributed by atoms with E-state index in [1.807, 2.05) is 30.7 Å². The van der Waals surface area contributed by atoms with Gasteiger partial charge in [-0.1, -0.05) is 0 Å². The van der Waals surface area contributed by atoms with Gasteiger partial charge in [0.2, 0.25) is 0 Å². The molecule has 1 unspecified atom stereocenters. The Balaban J connectivity index is 1.88. The first-order valence-corrected chi connectivity index (χ1v) is 8.58. The molecule has 2 rings (SSSR count). The van der Waals surface area contributed by atoms with E-state index in [9.17, 15) is 9.90 Å². The number of thiophene rings is 1. The molecule has 0 aliphatic rings. The number of carbonyl (C=O) groups is 1. The SMILES string of the molecule is CC(C)Oc1ccc(C(=O)NCC(C)(O)Cc2ccsc2)cc1. The van der Waals surface area contributed by atoms with Crippen molar-refractivity contribution >= 4 is 17.2 Å². The lowest BCUT2D eigenvalue weighted by molar-refractivity contribution is 0.0553. The topological polar surface area (TPSA) is 58.6 Å². The third-order valence-electron chi connectivity index (χ3n) is 3.28. The molecule has 2 N–H and O–H groups in total. The van der Waals surface area contributed by atoms with Crippen LogP contribution in [0.3, 0.4) is 0 Å². The van der Waals surface area contributed by atoms with Gasteiger partial charge in [0.05, 0.1) is 11.7 Å². The van der Waals surface area contributed by atoms with Gasteiger partial charge in [0.25, 0.3) is 5.91 Å². The van der Waals surface area contributed by atoms with Gasteiger partial charge in [-0.15, -0.1) is 0 Å². The first-order chi connectivity index (χ1) is 10.9. The third kappa shape index (κ3) is 5.69. The van der Waals surface area contributed by atoms with Gasteiger partial charge in [-0.2, -0.15) is 11.3 Å². The molecule has 23 heavy (non-hydrogen) atoms. The average Bonchev–Trinajstić information content (AvgIpc) is 2.97. The van der Waals surface area contributed by atoms with E-state index in [0.29, 0.717) is 12.0 Å². The summed E-state index contributed by atoms with van der Waals surface area (Å²) in [5, 5.41) is 17.2. The number of amides is 1. The maximum absolute atomic E-state index is 12.2. The van der Waals surface area contributed by atoms with Crippen LogP contribution in [0.2, 0.25) is 0 Å². The zero-order valence-corrected chi connectivity index (χ0v) is 14.5. The quantitative estimate of drug-likeness (QED) is 0.818. The van der Waals surface area contributed by atoms with Crippen LogP contribution in [0.4, 0.5) is 0 Å². The van der Waals surface area contributed by atoms with Crippen LogP contribution in [-0.4, -0.2) is 29.3 Å². The van der Waals surface area contributed by atoms with Crippen molar-refractivity contribution in [1.82, 2.24) is 5.32 Å². The highest BCUT2D eigenvalue weighted by Crippen LogP contribution is 2.16. The molecule has 0 saturated carbocycles. The number of nitrogens with one attached hydrogen (secondary N) is 1. The van der Waals surface area contributed by atoms with Crippen LogP contribution in [0.15, 0.2) is 41.1 Å². The fraction of sp³-hybridized carbons (Fsp3) is 0.389. The van der Waals surface area contributed by atoms with Crippen LogP contribution < -0.4 is 10.1 Å². The summed E-state index contributed by atoms with van der Waals surface area (Å²) < 4.78 is 5.55. The molecule has 1 aromatic heterocycles. The normalized spacial score (nSPS) is 13.6. The van der Waals surface area contributed by atoms with Crippen LogP contribution in [0.1, 0.15) is 36.7 Å². The molecule has 1 amide bonds. The maximum atomic E-state index is 12.2. The molecule has 0 aliphatic heterocycles. The van der Waals surface area contributed by atoms with Gasteiger partial charge in [-0.05, 0) is 67.4 Å². The molecule has 124 valence electrons. The van der Waals surface area contributed by atoms with E-state index < -0.39 is 5.60 Å². The first-order valence-electron chi connectivity index (χ1n) is 7.64. The summed E-state index contributed by atoms with van der Waals surface area (Å²) in [7, 11) is 0. The van der Waals surface area contributed by atoms with Gasteiger partial charge in [0.15, 0.2) is 0 Å². The van der Waals surface area contributed by atoms with E-state index in [0.717, 1.165) is 11.3 Å². The van der Waals surface area contributed by atoms with Crippen molar-refractivity contribution in [3.05, 3.63) is 52.2 Å². The van der Waals surface area contributed by atoms with E-state index in [1.54, 1.807) is 42.5 Å². The molecule has 1 atom stereocenters. The Bertz CT molecular complexity index is 618. The second-order valence-electron chi connectivity index (χ2n) is 6.18. The van der Waals surface area contributed by atoms with Crippen molar-refractivity contribution in [3.63, 3.8) is 0 Å². The zero-order chi connectivity index (χ0) is 16.9. The lowest BCUT2D eigenvalue weighted by Crippen LogP contribution is -2.42. The number of carbonyl (C=O) groups excluding carboxylic acids is 1. The largest absolute Gasteiger partial charge is 0.491 e. The van der Waals surface area contributed by atoms with Gasteiger partial charge in [0.1, 0.15) is 5.75 Å². The van der Waals surface area contributed by atoms with Gasteiger partial charge in [-0.25, -0.2) is 0 Å². The molecule has 0 aliphatic carbocycles. The van der Waals surface area contributed by atoms with E-state index >= 15 is 0 Å². The van der Waals surface area contributed by atoms with Crippen LogP contribution >= 0.6 is 11.3 Å². The van der Waals surface area contributed by atoms with Gasteiger partial charge >= 0.3 is 0 Å². The van der Waals surface area contributed by atoms with Crippen molar-refractivity contribution < 1.29 is 14.6 Å². The van der Waals surface area contributed by atoms with Gasteiger partial charge in [-0.3, -0.25) is 4.79 Å². The molecule has 0 radical (unpaired) electrons. The Hall–Kier alpha value is -1.85. The highest BCUT2D eigenvalue weighted by atomic mass is 32.1. The summed E-state index contributed by atoms with van der Waals surface area (Å²) in [4.78, 5) is 12.2. The van der Waals surface area contributed by atoms with Gasteiger partial charge in [0, 0.05) is 18.5 Å². The Morgan fingerprint density at radius 3 is 2.57 bits per heavy atom. The van der Waals surface area contributed by atoms with Crippen molar-refractivity contribution in [3.8, 4) is 5.75 Å². The number of hydrogen-bond donors (Lipinski definition) is 2. The molecular weight excluding hydrogens is 310 g/mol. The maximum Gasteiger partial charge on any atom is 0.251 e. The fourth-order valence-electron chi connectivity index (χ4n) is 2.23. The molecule has 4 nitrogen and oxygen atoms in total. The standard InChI is InChI=1S/C18H23NO3S/c1-13(2)22-16-6-4-15(5-7-16)17(20)19-12-18(3,21)10-14-8-9-23-11-14/h4-9,11,13,21H,10,12H2,1-3H3,(H,19,20). The Morgan fingerprint density at radius 1 is 1.30 bits per heavy atom. The van der Waals surface area contributed by atoms with Crippen LogP contribution in [0.25, 0.3) is 0 Å². The minimum Gasteiger partial charge on any atom is -0.491 e. The second-order valence-corrected chi connectivity index (χ2v) is 6.96. The van der Waals surface area contributed by atoms with Gasteiger partial charge < -0.3 is 15.2 Å². The molecule has 0 bridgehead atoms. The minimum atomic E-state index is -0.975. The molecule has 0 spiro atoms. The molecule has 1 heterocycles. The van der Waals surface area contributed by atoms with E-state index in [1.165, 1.54) is 0 Å². The van der Waals surface area contributed by atoms with Crippen molar-refractivity contribution in [2.24, 2.45) is 0 Å². The predicted molar refractivity (Wildman–Crippen MR) is 93.2 cm³/mol. The molecule has 5 heteroatoms. The highest BCUT2D eigenvalue weighted by molar-refractivity contribution is 7.07. The first kappa shape index (κ1) is 17.5. The Kier molecular flexibility index (Phi) is 5.80. The highest BCUT2D eigenvalue weighted by Gasteiger charge is 2.22. The fourth-order valence-corrected chi connectivity index (χ4v) is 2.89.